The normalized spacial score (nSPS) is 22.8. The summed E-state index contributed by atoms with van der Waals surface area (Å²) < 4.78 is 22.3. The smallest absolute Gasteiger partial charge is 0.173 e. The van der Waals surface area contributed by atoms with Crippen LogP contribution in [0.1, 0.15) is 0 Å². The Bertz CT molecular complexity index is 496. The molecule has 1 aliphatic heterocycles. The number of nitrogen functional groups attached to an aromatic ring is 1. The van der Waals surface area contributed by atoms with Crippen LogP contribution in [-0.2, 0) is 9.84 Å². The van der Waals surface area contributed by atoms with Gasteiger partial charge in [-0.15, -0.1) is 0 Å². The van der Waals surface area contributed by atoms with E-state index in [9.17, 15) is 8.42 Å². The van der Waals surface area contributed by atoms with Crippen molar-refractivity contribution in [3.8, 4) is 0 Å². The highest BCUT2D eigenvalue weighted by Crippen LogP contribution is 2.14. The molecular weight excluding hydrogens is 214 g/mol. The highest BCUT2D eigenvalue weighted by Gasteiger charge is 2.21. The zero-order valence-electron chi connectivity index (χ0n) is 7.92. The van der Waals surface area contributed by atoms with Gasteiger partial charge in [0.15, 0.2) is 9.84 Å². The lowest BCUT2D eigenvalue weighted by atomic mass is 10.3. The minimum absolute atomic E-state index is 0.0729. The van der Waals surface area contributed by atoms with Crippen molar-refractivity contribution in [3.05, 3.63) is 29.8 Å². The van der Waals surface area contributed by atoms with E-state index in [0.717, 1.165) is 0 Å². The number of sulfone groups is 1. The molecule has 0 saturated carbocycles. The Balaban J connectivity index is 2.09. The predicted octanol–water partition coefficient (Wildman–Crippen LogP) is 0.386. The van der Waals surface area contributed by atoms with Crippen molar-refractivity contribution in [3.63, 3.8) is 0 Å². The molecule has 1 atom stereocenters. The highest BCUT2D eigenvalue weighted by atomic mass is 32.2. The zero-order chi connectivity index (χ0) is 10.9. The lowest BCUT2D eigenvalue weighted by molar-refractivity contribution is 0.605. The van der Waals surface area contributed by atoms with E-state index in [1.807, 2.05) is 0 Å². The van der Waals surface area contributed by atoms with Gasteiger partial charge < -0.3 is 11.1 Å². The fourth-order valence-electron chi connectivity index (χ4n) is 1.38. The van der Waals surface area contributed by atoms with Gasteiger partial charge in [-0.1, -0.05) is 0 Å². The molecule has 1 aromatic heterocycles. The molecule has 1 aromatic rings. The second-order valence-corrected chi connectivity index (χ2v) is 5.31. The van der Waals surface area contributed by atoms with E-state index in [-0.39, 0.29) is 11.8 Å². The topological polar surface area (TPSA) is 85.1 Å². The summed E-state index contributed by atoms with van der Waals surface area (Å²) in [7, 11) is -3.03. The second-order valence-electron chi connectivity index (χ2n) is 3.38. The Hall–Kier alpha value is -1.56. The summed E-state index contributed by atoms with van der Waals surface area (Å²) in [5.74, 6) is 0.658. The van der Waals surface area contributed by atoms with E-state index in [4.69, 9.17) is 5.73 Å². The Labute approximate surface area is 87.9 Å². The molecular formula is C9H11N3O2S. The van der Waals surface area contributed by atoms with Crippen molar-refractivity contribution in [2.75, 3.05) is 16.8 Å². The van der Waals surface area contributed by atoms with Crippen LogP contribution in [0.4, 0.5) is 11.5 Å². The van der Waals surface area contributed by atoms with Gasteiger partial charge in [0, 0.05) is 23.4 Å². The third kappa shape index (κ3) is 2.47. The van der Waals surface area contributed by atoms with Crippen molar-refractivity contribution in [1.82, 2.24) is 4.98 Å². The first kappa shape index (κ1) is 9.97. The molecule has 15 heavy (non-hydrogen) atoms. The summed E-state index contributed by atoms with van der Waals surface area (Å²) >= 11 is 0. The van der Waals surface area contributed by atoms with Gasteiger partial charge in [0.1, 0.15) is 5.82 Å². The molecule has 0 saturated heterocycles. The maximum absolute atomic E-state index is 11.1. The third-order valence-electron chi connectivity index (χ3n) is 2.05. The fraction of sp³-hybridized carbons (Fsp3) is 0.222. The van der Waals surface area contributed by atoms with Crippen molar-refractivity contribution in [1.29, 1.82) is 0 Å². The van der Waals surface area contributed by atoms with Crippen LogP contribution in [0.2, 0.25) is 0 Å². The second kappa shape index (κ2) is 3.54. The molecule has 2 heterocycles. The SMILES string of the molecule is Nc1ccnc(NC2C=CS(=O)(=O)C2)c1. The molecule has 3 N–H and O–H groups in total. The van der Waals surface area contributed by atoms with Gasteiger partial charge >= 0.3 is 0 Å². The van der Waals surface area contributed by atoms with Crippen molar-refractivity contribution in [2.45, 2.75) is 6.04 Å². The lowest BCUT2D eigenvalue weighted by Crippen LogP contribution is -2.21. The number of anilines is 2. The summed E-state index contributed by atoms with van der Waals surface area (Å²) in [4.78, 5) is 4.03. The predicted molar refractivity (Wildman–Crippen MR) is 59.0 cm³/mol. The van der Waals surface area contributed by atoms with E-state index in [0.29, 0.717) is 11.5 Å². The minimum atomic E-state index is -3.03. The molecule has 1 aliphatic rings. The number of nitrogens with one attached hydrogen (secondary N) is 1. The standard InChI is InChI=1S/C9H11N3O2S/c10-7-1-3-11-9(5-7)12-8-2-4-15(13,14)6-8/h1-5,8H,6H2,(H3,10,11,12). The van der Waals surface area contributed by atoms with Gasteiger partial charge in [-0.25, -0.2) is 13.4 Å². The molecule has 0 aromatic carbocycles. The van der Waals surface area contributed by atoms with Crippen LogP contribution in [-0.4, -0.2) is 25.2 Å². The minimum Gasteiger partial charge on any atom is -0.399 e. The van der Waals surface area contributed by atoms with E-state index < -0.39 is 9.84 Å². The van der Waals surface area contributed by atoms with Crippen molar-refractivity contribution < 1.29 is 8.42 Å². The van der Waals surface area contributed by atoms with Gasteiger partial charge in [0.2, 0.25) is 0 Å². The Morgan fingerprint density at radius 1 is 1.53 bits per heavy atom. The summed E-state index contributed by atoms with van der Waals surface area (Å²) in [6, 6.07) is 3.12. The van der Waals surface area contributed by atoms with Gasteiger partial charge in [-0.3, -0.25) is 0 Å². The summed E-state index contributed by atoms with van der Waals surface area (Å²) in [6.45, 7) is 0. The van der Waals surface area contributed by atoms with Crippen LogP contribution in [0.3, 0.4) is 0 Å². The van der Waals surface area contributed by atoms with Crippen LogP contribution in [0.15, 0.2) is 29.8 Å². The van der Waals surface area contributed by atoms with Crippen LogP contribution < -0.4 is 11.1 Å². The van der Waals surface area contributed by atoms with Gasteiger partial charge in [0.05, 0.1) is 11.8 Å². The zero-order valence-corrected chi connectivity index (χ0v) is 8.74. The van der Waals surface area contributed by atoms with Crippen LogP contribution in [0, 0.1) is 0 Å². The number of nitrogens with two attached hydrogens (primary N) is 1. The maximum atomic E-state index is 11.1. The number of rotatable bonds is 2. The van der Waals surface area contributed by atoms with Crippen molar-refractivity contribution >= 4 is 21.3 Å². The molecule has 0 bridgehead atoms. The first-order chi connectivity index (χ1) is 7.05. The molecule has 0 fully saturated rings. The number of pyridine rings is 1. The third-order valence-corrected chi connectivity index (χ3v) is 3.44. The Kier molecular flexibility index (Phi) is 2.36. The molecule has 0 radical (unpaired) electrons. The molecule has 0 spiro atoms. The van der Waals surface area contributed by atoms with Gasteiger partial charge in [0.25, 0.3) is 0 Å². The quantitative estimate of drug-likeness (QED) is 0.760. The summed E-state index contributed by atoms with van der Waals surface area (Å²) in [6.07, 6.45) is 3.19. The Morgan fingerprint density at radius 2 is 2.33 bits per heavy atom. The number of hydrogen-bond donors (Lipinski definition) is 2. The van der Waals surface area contributed by atoms with E-state index in [1.165, 1.54) is 5.41 Å². The molecule has 5 nitrogen and oxygen atoms in total. The average molecular weight is 225 g/mol. The molecule has 2 rings (SSSR count). The first-order valence-electron chi connectivity index (χ1n) is 4.44. The largest absolute Gasteiger partial charge is 0.399 e. The van der Waals surface area contributed by atoms with Crippen molar-refractivity contribution in [2.24, 2.45) is 0 Å². The first-order valence-corrected chi connectivity index (χ1v) is 6.16. The van der Waals surface area contributed by atoms with E-state index in [1.54, 1.807) is 24.4 Å². The number of aromatic nitrogens is 1. The molecule has 0 amide bonds. The maximum Gasteiger partial charge on any atom is 0.173 e. The van der Waals surface area contributed by atoms with E-state index >= 15 is 0 Å². The Morgan fingerprint density at radius 3 is 2.93 bits per heavy atom. The monoisotopic (exact) mass is 225 g/mol. The fourth-order valence-corrected chi connectivity index (χ4v) is 2.62. The molecule has 1 unspecified atom stereocenters. The van der Waals surface area contributed by atoms with Crippen LogP contribution in [0.5, 0.6) is 0 Å². The van der Waals surface area contributed by atoms with Crippen LogP contribution >= 0.6 is 0 Å². The van der Waals surface area contributed by atoms with Gasteiger partial charge in [-0.2, -0.15) is 0 Å². The number of nitrogens with zero attached hydrogens (tertiary/aromatic N) is 1. The van der Waals surface area contributed by atoms with E-state index in [2.05, 4.69) is 10.3 Å². The van der Waals surface area contributed by atoms with Crippen LogP contribution in [0.25, 0.3) is 0 Å². The number of hydrogen-bond acceptors (Lipinski definition) is 5. The molecule has 80 valence electrons. The molecule has 0 aliphatic carbocycles. The average Bonchev–Trinajstić information content (AvgIpc) is 2.45. The lowest BCUT2D eigenvalue weighted by Gasteiger charge is -2.10. The molecule has 6 heteroatoms. The summed E-state index contributed by atoms with van der Waals surface area (Å²) in [5, 5.41) is 4.20. The van der Waals surface area contributed by atoms with Gasteiger partial charge in [-0.05, 0) is 12.1 Å². The summed E-state index contributed by atoms with van der Waals surface area (Å²) in [5.41, 5.74) is 6.16. The highest BCUT2D eigenvalue weighted by molar-refractivity contribution is 7.94.